The lowest BCUT2D eigenvalue weighted by atomic mass is 10.1. The maximum Gasteiger partial charge on any atom is 0.346 e. The van der Waals surface area contributed by atoms with Crippen molar-refractivity contribution in [3.05, 3.63) is 46.1 Å². The summed E-state index contributed by atoms with van der Waals surface area (Å²) in [4.78, 5) is 29.3. The predicted molar refractivity (Wildman–Crippen MR) is 113 cm³/mol. The molecule has 1 fully saturated rings. The molecule has 0 saturated carbocycles. The van der Waals surface area contributed by atoms with E-state index in [1.807, 2.05) is 0 Å². The minimum Gasteiger partial charge on any atom is -0.372 e. The lowest BCUT2D eigenvalue weighted by Crippen LogP contribution is -2.34. The molecule has 1 aromatic heterocycles. The molecule has 4 rings (SSSR count). The fourth-order valence-corrected chi connectivity index (χ4v) is 4.30. The Morgan fingerprint density at radius 2 is 1.69 bits per heavy atom. The highest BCUT2D eigenvalue weighted by molar-refractivity contribution is 5.75. The van der Waals surface area contributed by atoms with Crippen molar-refractivity contribution < 1.29 is 4.79 Å². The number of likely N-dealkylation sites (N-methyl/N-ethyl adjacent to an activating group) is 1. The minimum absolute atomic E-state index is 0.00119. The summed E-state index contributed by atoms with van der Waals surface area (Å²) in [5, 5.41) is 4.42. The average molecular weight is 398 g/mol. The van der Waals surface area contributed by atoms with E-state index in [9.17, 15) is 9.59 Å². The third-order valence-corrected chi connectivity index (χ3v) is 6.07. The number of anilines is 1. The van der Waals surface area contributed by atoms with Crippen LogP contribution in [0.4, 0.5) is 5.69 Å². The maximum atomic E-state index is 12.7. The first-order chi connectivity index (χ1) is 14.1. The highest BCUT2D eigenvalue weighted by atomic mass is 16.2. The van der Waals surface area contributed by atoms with Crippen LogP contribution in [0.25, 0.3) is 0 Å². The largest absolute Gasteiger partial charge is 0.372 e. The monoisotopic (exact) mass is 397 g/mol. The lowest BCUT2D eigenvalue weighted by Gasteiger charge is -2.29. The second kappa shape index (κ2) is 8.84. The normalized spacial score (nSPS) is 16.9. The molecule has 3 heterocycles. The van der Waals surface area contributed by atoms with Gasteiger partial charge in [0.2, 0.25) is 5.91 Å². The molecular weight excluding hydrogens is 366 g/mol. The standard InChI is InChI=1S/C22H31N5O2/c1-24(16-18-9-11-19(12-10-18)25-13-5-3-6-14-25)21(28)17-27-22(29)26-15-7-2-4-8-20(26)23-27/h9-12H,2-8,13-17H2,1H3. The fourth-order valence-electron chi connectivity index (χ4n) is 4.30. The van der Waals surface area contributed by atoms with Crippen LogP contribution in [0.1, 0.15) is 49.9 Å². The van der Waals surface area contributed by atoms with Gasteiger partial charge in [0.1, 0.15) is 12.4 Å². The first kappa shape index (κ1) is 19.7. The third kappa shape index (κ3) is 4.54. The number of aryl methyl sites for hydroxylation is 1. The van der Waals surface area contributed by atoms with E-state index in [1.165, 1.54) is 29.6 Å². The number of aromatic nitrogens is 3. The van der Waals surface area contributed by atoms with Crippen LogP contribution < -0.4 is 10.6 Å². The molecule has 29 heavy (non-hydrogen) atoms. The number of benzene rings is 1. The Balaban J connectivity index is 1.37. The van der Waals surface area contributed by atoms with Gasteiger partial charge in [0.05, 0.1) is 0 Å². The molecule has 0 atom stereocenters. The summed E-state index contributed by atoms with van der Waals surface area (Å²) in [7, 11) is 1.78. The SMILES string of the molecule is CN(Cc1ccc(N2CCCCC2)cc1)C(=O)Cn1nc2n(c1=O)CCCCC2. The molecule has 1 amide bonds. The Kier molecular flexibility index (Phi) is 6.02. The van der Waals surface area contributed by atoms with Crippen LogP contribution in [0.3, 0.4) is 0 Å². The summed E-state index contributed by atoms with van der Waals surface area (Å²) in [6, 6.07) is 8.49. The number of amides is 1. The molecule has 156 valence electrons. The molecule has 7 heteroatoms. The van der Waals surface area contributed by atoms with E-state index in [-0.39, 0.29) is 18.1 Å². The van der Waals surface area contributed by atoms with E-state index < -0.39 is 0 Å². The number of nitrogens with zero attached hydrogens (tertiary/aromatic N) is 5. The van der Waals surface area contributed by atoms with Gasteiger partial charge >= 0.3 is 5.69 Å². The molecule has 0 bridgehead atoms. The van der Waals surface area contributed by atoms with E-state index in [4.69, 9.17) is 0 Å². The topological polar surface area (TPSA) is 63.4 Å². The van der Waals surface area contributed by atoms with Gasteiger partial charge in [-0.15, -0.1) is 0 Å². The second-order valence-electron chi connectivity index (χ2n) is 8.28. The Bertz CT molecular complexity index is 893. The summed E-state index contributed by atoms with van der Waals surface area (Å²) >= 11 is 0. The van der Waals surface area contributed by atoms with Crippen LogP contribution in [0, 0.1) is 0 Å². The van der Waals surface area contributed by atoms with Gasteiger partial charge in [0.15, 0.2) is 0 Å². The van der Waals surface area contributed by atoms with Crippen LogP contribution in [0.15, 0.2) is 29.1 Å². The lowest BCUT2D eigenvalue weighted by molar-refractivity contribution is -0.131. The second-order valence-corrected chi connectivity index (χ2v) is 8.28. The quantitative estimate of drug-likeness (QED) is 0.777. The molecule has 0 unspecified atom stereocenters. The molecule has 2 aliphatic heterocycles. The Morgan fingerprint density at radius 1 is 1.00 bits per heavy atom. The molecule has 7 nitrogen and oxygen atoms in total. The van der Waals surface area contributed by atoms with Crippen molar-refractivity contribution in [2.75, 3.05) is 25.0 Å². The summed E-state index contributed by atoms with van der Waals surface area (Å²) in [6.07, 6.45) is 7.84. The zero-order chi connectivity index (χ0) is 20.2. The van der Waals surface area contributed by atoms with E-state index in [0.29, 0.717) is 13.1 Å². The third-order valence-electron chi connectivity index (χ3n) is 6.07. The Labute approximate surface area is 171 Å². The van der Waals surface area contributed by atoms with E-state index in [2.05, 4.69) is 34.3 Å². The summed E-state index contributed by atoms with van der Waals surface area (Å²) in [6.45, 7) is 3.49. The molecule has 0 aliphatic carbocycles. The number of carbonyl (C=O) groups is 1. The number of hydrogen-bond donors (Lipinski definition) is 0. The number of carbonyl (C=O) groups excluding carboxylic acids is 1. The highest BCUT2D eigenvalue weighted by Gasteiger charge is 2.19. The molecular formula is C22H31N5O2. The number of piperidine rings is 1. The van der Waals surface area contributed by atoms with Gasteiger partial charge in [0, 0.05) is 45.3 Å². The fraction of sp³-hybridized carbons (Fsp3) is 0.591. The van der Waals surface area contributed by atoms with Crippen LogP contribution >= 0.6 is 0 Å². The number of fused-ring (bicyclic) bond motifs is 1. The summed E-state index contributed by atoms with van der Waals surface area (Å²) in [5.74, 6) is 0.719. The minimum atomic E-state index is -0.158. The van der Waals surface area contributed by atoms with Crippen molar-refractivity contribution in [1.82, 2.24) is 19.2 Å². The van der Waals surface area contributed by atoms with Gasteiger partial charge in [-0.3, -0.25) is 9.36 Å². The zero-order valence-electron chi connectivity index (χ0n) is 17.3. The van der Waals surface area contributed by atoms with Crippen molar-refractivity contribution in [1.29, 1.82) is 0 Å². The van der Waals surface area contributed by atoms with Crippen molar-refractivity contribution in [3.8, 4) is 0 Å². The molecule has 0 spiro atoms. The molecule has 0 N–H and O–H groups in total. The van der Waals surface area contributed by atoms with Crippen molar-refractivity contribution in [2.24, 2.45) is 0 Å². The van der Waals surface area contributed by atoms with Gasteiger partial charge in [-0.05, 0) is 49.8 Å². The first-order valence-corrected chi connectivity index (χ1v) is 10.9. The average Bonchev–Trinajstić information content (AvgIpc) is 2.90. The van der Waals surface area contributed by atoms with Crippen LogP contribution in [0.2, 0.25) is 0 Å². The Hall–Kier alpha value is -2.57. The zero-order valence-corrected chi connectivity index (χ0v) is 17.3. The van der Waals surface area contributed by atoms with E-state index in [1.54, 1.807) is 16.5 Å². The maximum absolute atomic E-state index is 12.7. The summed E-state index contributed by atoms with van der Waals surface area (Å²) < 4.78 is 3.07. The smallest absolute Gasteiger partial charge is 0.346 e. The van der Waals surface area contributed by atoms with Gasteiger partial charge < -0.3 is 9.80 Å². The van der Waals surface area contributed by atoms with Gasteiger partial charge in [-0.2, -0.15) is 5.10 Å². The van der Waals surface area contributed by atoms with E-state index in [0.717, 1.165) is 50.2 Å². The van der Waals surface area contributed by atoms with Crippen molar-refractivity contribution >= 4 is 11.6 Å². The van der Waals surface area contributed by atoms with Gasteiger partial charge in [0.25, 0.3) is 0 Å². The highest BCUT2D eigenvalue weighted by Crippen LogP contribution is 2.20. The molecule has 2 aliphatic rings. The molecule has 1 aromatic carbocycles. The van der Waals surface area contributed by atoms with Gasteiger partial charge in [-0.25, -0.2) is 9.48 Å². The Morgan fingerprint density at radius 3 is 2.45 bits per heavy atom. The molecule has 1 saturated heterocycles. The molecule has 2 aromatic rings. The first-order valence-electron chi connectivity index (χ1n) is 10.9. The summed E-state index contributed by atoms with van der Waals surface area (Å²) in [5.41, 5.74) is 2.19. The van der Waals surface area contributed by atoms with Crippen LogP contribution in [-0.4, -0.2) is 45.3 Å². The molecule has 0 radical (unpaired) electrons. The van der Waals surface area contributed by atoms with Crippen molar-refractivity contribution in [3.63, 3.8) is 0 Å². The number of rotatable bonds is 5. The van der Waals surface area contributed by atoms with Crippen LogP contribution in [-0.2, 0) is 30.8 Å². The number of hydrogen-bond acceptors (Lipinski definition) is 4. The van der Waals surface area contributed by atoms with Crippen molar-refractivity contribution in [2.45, 2.75) is 64.6 Å². The van der Waals surface area contributed by atoms with E-state index >= 15 is 0 Å². The van der Waals surface area contributed by atoms with Gasteiger partial charge in [-0.1, -0.05) is 18.6 Å². The predicted octanol–water partition coefficient (Wildman–Crippen LogP) is 2.42. The van der Waals surface area contributed by atoms with Crippen LogP contribution in [0.5, 0.6) is 0 Å².